The highest BCUT2D eigenvalue weighted by Gasteiger charge is 2.10. The molecule has 2 aromatic rings. The van der Waals surface area contributed by atoms with Crippen molar-refractivity contribution < 1.29 is 0 Å². The Bertz CT molecular complexity index is 707. The van der Waals surface area contributed by atoms with E-state index in [2.05, 4.69) is 23.7 Å². The molecule has 0 saturated carbocycles. The van der Waals surface area contributed by atoms with Gasteiger partial charge in [0, 0.05) is 29.0 Å². The van der Waals surface area contributed by atoms with Gasteiger partial charge in [0.15, 0.2) is 5.13 Å². The van der Waals surface area contributed by atoms with Crippen LogP contribution in [0.2, 0.25) is 0 Å². The Morgan fingerprint density at radius 1 is 1.19 bits per heavy atom. The van der Waals surface area contributed by atoms with Crippen molar-refractivity contribution in [1.82, 2.24) is 4.98 Å². The fourth-order valence-corrected chi connectivity index (χ4v) is 3.88. The molecular weight excluding hydrogens is 300 g/mol. The molecule has 0 fully saturated rings. The number of allylic oxidation sites excluding steroid dienone is 1. The first kappa shape index (κ1) is 15.2. The first-order valence-electron chi connectivity index (χ1n) is 6.54. The second kappa shape index (κ2) is 7.03. The van der Waals surface area contributed by atoms with Crippen molar-refractivity contribution in [2.45, 2.75) is 13.8 Å². The summed E-state index contributed by atoms with van der Waals surface area (Å²) >= 11 is 3.22. The van der Waals surface area contributed by atoms with Gasteiger partial charge < -0.3 is 4.90 Å². The standard InChI is InChI=1S/C15H14N4S2/c1-3-19(4-2)15-18-10-14(21-15)13-6-5-12(20-13)7-11(8-16)9-17/h5-7,10H,3-4H2,1-2H3. The Labute approximate surface area is 132 Å². The molecule has 2 heterocycles. The summed E-state index contributed by atoms with van der Waals surface area (Å²) in [4.78, 5) is 9.80. The predicted octanol–water partition coefficient (Wildman–Crippen LogP) is 4.15. The highest BCUT2D eigenvalue weighted by molar-refractivity contribution is 7.24. The zero-order valence-electron chi connectivity index (χ0n) is 11.8. The van der Waals surface area contributed by atoms with Crippen LogP contribution in [0.15, 0.2) is 23.9 Å². The number of nitrogens with zero attached hydrogens (tertiary/aromatic N) is 4. The molecule has 2 aromatic heterocycles. The zero-order chi connectivity index (χ0) is 15.2. The van der Waals surface area contributed by atoms with Crippen molar-refractivity contribution >= 4 is 33.9 Å². The van der Waals surface area contributed by atoms with E-state index < -0.39 is 0 Å². The summed E-state index contributed by atoms with van der Waals surface area (Å²) in [6.07, 6.45) is 3.49. The van der Waals surface area contributed by atoms with Crippen LogP contribution in [0.25, 0.3) is 15.8 Å². The molecule has 0 aliphatic heterocycles. The fourth-order valence-electron chi connectivity index (χ4n) is 1.81. The van der Waals surface area contributed by atoms with E-state index in [9.17, 15) is 0 Å². The van der Waals surface area contributed by atoms with Gasteiger partial charge in [-0.25, -0.2) is 4.98 Å². The highest BCUT2D eigenvalue weighted by Crippen LogP contribution is 2.35. The number of rotatable bonds is 5. The monoisotopic (exact) mass is 314 g/mol. The third kappa shape index (κ3) is 3.49. The predicted molar refractivity (Wildman–Crippen MR) is 88.2 cm³/mol. The molecule has 106 valence electrons. The van der Waals surface area contributed by atoms with Crippen LogP contribution in [0.5, 0.6) is 0 Å². The smallest absolute Gasteiger partial charge is 0.185 e. The van der Waals surface area contributed by atoms with Gasteiger partial charge in [-0.1, -0.05) is 11.3 Å². The molecule has 0 aliphatic carbocycles. The number of nitriles is 2. The lowest BCUT2D eigenvalue weighted by Gasteiger charge is -2.16. The molecule has 6 heteroatoms. The van der Waals surface area contributed by atoms with Gasteiger partial charge >= 0.3 is 0 Å². The number of hydrogen-bond donors (Lipinski definition) is 0. The van der Waals surface area contributed by atoms with Crippen molar-refractivity contribution in [3.05, 3.63) is 28.8 Å². The van der Waals surface area contributed by atoms with Crippen molar-refractivity contribution in [2.75, 3.05) is 18.0 Å². The molecule has 0 spiro atoms. The minimum Gasteiger partial charge on any atom is -0.349 e. The van der Waals surface area contributed by atoms with Crippen LogP contribution in [0.3, 0.4) is 0 Å². The molecule has 0 N–H and O–H groups in total. The summed E-state index contributed by atoms with van der Waals surface area (Å²) in [5, 5.41) is 18.6. The van der Waals surface area contributed by atoms with Gasteiger partial charge in [0.2, 0.25) is 0 Å². The largest absolute Gasteiger partial charge is 0.349 e. The Morgan fingerprint density at radius 3 is 2.52 bits per heavy atom. The van der Waals surface area contributed by atoms with Crippen LogP contribution in [0.1, 0.15) is 18.7 Å². The van der Waals surface area contributed by atoms with Gasteiger partial charge in [-0.3, -0.25) is 0 Å². The lowest BCUT2D eigenvalue weighted by atomic mass is 10.3. The van der Waals surface area contributed by atoms with Crippen molar-refractivity contribution in [2.24, 2.45) is 0 Å². The van der Waals surface area contributed by atoms with E-state index in [4.69, 9.17) is 10.5 Å². The molecule has 0 aromatic carbocycles. The van der Waals surface area contributed by atoms with Gasteiger partial charge in [0.1, 0.15) is 17.7 Å². The van der Waals surface area contributed by atoms with Crippen LogP contribution in [-0.2, 0) is 0 Å². The van der Waals surface area contributed by atoms with E-state index in [0.29, 0.717) is 0 Å². The molecule has 2 rings (SSSR count). The van der Waals surface area contributed by atoms with Crippen LogP contribution < -0.4 is 4.90 Å². The molecular formula is C15H14N4S2. The molecule has 0 unspecified atom stereocenters. The maximum atomic E-state index is 8.78. The summed E-state index contributed by atoms with van der Waals surface area (Å²) in [5.41, 5.74) is 0.122. The van der Waals surface area contributed by atoms with Crippen LogP contribution in [-0.4, -0.2) is 18.1 Å². The molecule has 0 bridgehead atoms. The maximum Gasteiger partial charge on any atom is 0.185 e. The molecule has 0 atom stereocenters. The average molecular weight is 314 g/mol. The first-order chi connectivity index (χ1) is 10.2. The number of thiophene rings is 1. The zero-order valence-corrected chi connectivity index (χ0v) is 13.5. The molecule has 0 amide bonds. The lowest BCUT2D eigenvalue weighted by Crippen LogP contribution is -2.21. The SMILES string of the molecule is CCN(CC)c1ncc(-c2ccc(C=C(C#N)C#N)s2)s1. The number of anilines is 1. The van der Waals surface area contributed by atoms with Crippen LogP contribution >= 0.6 is 22.7 Å². The quantitative estimate of drug-likeness (QED) is 0.778. The van der Waals surface area contributed by atoms with E-state index in [1.165, 1.54) is 0 Å². The van der Waals surface area contributed by atoms with Crippen LogP contribution in [0.4, 0.5) is 5.13 Å². The molecule has 0 saturated heterocycles. The molecule has 0 aliphatic rings. The summed E-state index contributed by atoms with van der Waals surface area (Å²) in [5.74, 6) is 0. The Hall–Kier alpha value is -2.15. The summed E-state index contributed by atoms with van der Waals surface area (Å²) in [6, 6.07) is 7.67. The van der Waals surface area contributed by atoms with Crippen molar-refractivity contribution in [3.8, 4) is 21.9 Å². The van der Waals surface area contributed by atoms with Crippen molar-refractivity contribution in [3.63, 3.8) is 0 Å². The van der Waals surface area contributed by atoms with Crippen molar-refractivity contribution in [1.29, 1.82) is 10.5 Å². The second-order valence-corrected chi connectivity index (χ2v) is 6.29. The van der Waals surface area contributed by atoms with E-state index in [0.717, 1.165) is 32.9 Å². The minimum absolute atomic E-state index is 0.122. The Balaban J connectivity index is 2.25. The number of thiazole rings is 1. The van der Waals surface area contributed by atoms with Gasteiger partial charge in [0.05, 0.1) is 4.88 Å². The van der Waals surface area contributed by atoms with Gasteiger partial charge in [0.25, 0.3) is 0 Å². The van der Waals surface area contributed by atoms with Gasteiger partial charge in [-0.05, 0) is 32.1 Å². The van der Waals surface area contributed by atoms with E-state index in [-0.39, 0.29) is 5.57 Å². The van der Waals surface area contributed by atoms with Gasteiger partial charge in [-0.2, -0.15) is 10.5 Å². The molecule has 4 nitrogen and oxygen atoms in total. The summed E-state index contributed by atoms with van der Waals surface area (Å²) in [7, 11) is 0. The van der Waals surface area contributed by atoms with Crippen LogP contribution in [0, 0.1) is 22.7 Å². The average Bonchev–Trinajstić information content (AvgIpc) is 3.15. The Kier molecular flexibility index (Phi) is 5.10. The minimum atomic E-state index is 0.122. The fraction of sp³-hybridized carbons (Fsp3) is 0.267. The highest BCUT2D eigenvalue weighted by atomic mass is 32.1. The Morgan fingerprint density at radius 2 is 1.90 bits per heavy atom. The van der Waals surface area contributed by atoms with Gasteiger partial charge in [-0.15, -0.1) is 11.3 Å². The summed E-state index contributed by atoms with van der Waals surface area (Å²) < 4.78 is 0. The summed E-state index contributed by atoms with van der Waals surface area (Å²) in [6.45, 7) is 6.11. The maximum absolute atomic E-state index is 8.78. The normalized spacial score (nSPS) is 9.71. The third-order valence-electron chi connectivity index (χ3n) is 2.92. The molecule has 0 radical (unpaired) electrons. The number of aromatic nitrogens is 1. The second-order valence-electron chi connectivity index (χ2n) is 4.16. The van der Waals surface area contributed by atoms with E-state index >= 15 is 0 Å². The number of hydrogen-bond acceptors (Lipinski definition) is 6. The van der Waals surface area contributed by atoms with E-state index in [1.807, 2.05) is 30.5 Å². The third-order valence-corrected chi connectivity index (χ3v) is 5.21. The topological polar surface area (TPSA) is 63.7 Å². The molecule has 21 heavy (non-hydrogen) atoms. The first-order valence-corrected chi connectivity index (χ1v) is 8.18. The van der Waals surface area contributed by atoms with E-state index in [1.54, 1.807) is 28.7 Å². The lowest BCUT2D eigenvalue weighted by molar-refractivity contribution is 0.860.